The van der Waals surface area contributed by atoms with Gasteiger partial charge in [-0.05, 0) is 54.4 Å². The molecule has 3 rings (SSSR count). The average molecular weight is 469 g/mol. The number of carbonyl (C=O) groups excluding carboxylic acids is 2. The van der Waals surface area contributed by atoms with E-state index in [-0.39, 0.29) is 19.0 Å². The van der Waals surface area contributed by atoms with Gasteiger partial charge in [-0.3, -0.25) is 0 Å². The standard InChI is InChI=1S/C24H21BrO5/c1-17-14-20(25)10-11-22(17)29-16-23(26)30-21-9-5-8-19(15-21)24(27)28-13-12-18-6-3-2-4-7-18/h2-11,14-15H,12-13,16H2,1H3. The Morgan fingerprint density at radius 2 is 1.73 bits per heavy atom. The van der Waals surface area contributed by atoms with Gasteiger partial charge in [0, 0.05) is 10.9 Å². The summed E-state index contributed by atoms with van der Waals surface area (Å²) < 4.78 is 17.0. The summed E-state index contributed by atoms with van der Waals surface area (Å²) in [4.78, 5) is 24.4. The summed E-state index contributed by atoms with van der Waals surface area (Å²) in [5.74, 6) is -0.169. The topological polar surface area (TPSA) is 61.8 Å². The second-order valence-electron chi connectivity index (χ2n) is 6.57. The number of aryl methyl sites for hydroxylation is 1. The molecule has 0 aliphatic carbocycles. The van der Waals surface area contributed by atoms with E-state index in [0.29, 0.717) is 17.7 Å². The van der Waals surface area contributed by atoms with Crippen LogP contribution < -0.4 is 9.47 Å². The van der Waals surface area contributed by atoms with Crippen molar-refractivity contribution in [1.82, 2.24) is 0 Å². The van der Waals surface area contributed by atoms with Crippen LogP contribution in [0.3, 0.4) is 0 Å². The van der Waals surface area contributed by atoms with Gasteiger partial charge in [-0.15, -0.1) is 0 Å². The lowest BCUT2D eigenvalue weighted by atomic mass is 10.2. The van der Waals surface area contributed by atoms with Crippen LogP contribution in [-0.2, 0) is 16.0 Å². The first kappa shape index (κ1) is 21.6. The number of hydrogen-bond donors (Lipinski definition) is 0. The summed E-state index contributed by atoms with van der Waals surface area (Å²) in [6.45, 7) is 1.92. The van der Waals surface area contributed by atoms with Gasteiger partial charge in [-0.2, -0.15) is 0 Å². The number of ether oxygens (including phenoxy) is 3. The summed E-state index contributed by atoms with van der Waals surface area (Å²) in [6, 6.07) is 21.6. The van der Waals surface area contributed by atoms with Gasteiger partial charge in [-0.1, -0.05) is 52.3 Å². The fourth-order valence-electron chi connectivity index (χ4n) is 2.75. The van der Waals surface area contributed by atoms with E-state index in [4.69, 9.17) is 14.2 Å². The molecule has 0 aliphatic heterocycles. The molecule has 0 aliphatic rings. The predicted molar refractivity (Wildman–Crippen MR) is 117 cm³/mol. The zero-order valence-electron chi connectivity index (χ0n) is 16.5. The number of rotatable bonds is 8. The summed E-state index contributed by atoms with van der Waals surface area (Å²) in [5.41, 5.74) is 2.31. The van der Waals surface area contributed by atoms with Crippen LogP contribution in [0.1, 0.15) is 21.5 Å². The maximum atomic E-state index is 12.3. The smallest absolute Gasteiger partial charge is 0.349 e. The Labute approximate surface area is 183 Å². The minimum atomic E-state index is -0.563. The van der Waals surface area contributed by atoms with E-state index < -0.39 is 11.9 Å². The molecular formula is C24H21BrO5. The van der Waals surface area contributed by atoms with Crippen molar-refractivity contribution in [2.45, 2.75) is 13.3 Å². The number of carbonyl (C=O) groups is 2. The lowest BCUT2D eigenvalue weighted by molar-refractivity contribution is -0.136. The van der Waals surface area contributed by atoms with E-state index in [9.17, 15) is 9.59 Å². The van der Waals surface area contributed by atoms with Crippen molar-refractivity contribution >= 4 is 27.9 Å². The molecular weight excluding hydrogens is 448 g/mol. The van der Waals surface area contributed by atoms with E-state index >= 15 is 0 Å². The van der Waals surface area contributed by atoms with Crippen molar-refractivity contribution in [1.29, 1.82) is 0 Å². The molecule has 0 unspecified atom stereocenters. The zero-order chi connectivity index (χ0) is 21.3. The molecule has 5 nitrogen and oxygen atoms in total. The lowest BCUT2D eigenvalue weighted by Crippen LogP contribution is -2.18. The molecule has 3 aromatic carbocycles. The van der Waals surface area contributed by atoms with E-state index in [0.717, 1.165) is 15.6 Å². The Bertz CT molecular complexity index is 1020. The van der Waals surface area contributed by atoms with Gasteiger partial charge in [0.1, 0.15) is 11.5 Å². The molecule has 3 aromatic rings. The van der Waals surface area contributed by atoms with Crippen LogP contribution in [-0.4, -0.2) is 25.2 Å². The third-order valence-corrected chi connectivity index (χ3v) is 4.74. The van der Waals surface area contributed by atoms with Crippen LogP contribution in [0.15, 0.2) is 77.3 Å². The molecule has 30 heavy (non-hydrogen) atoms. The van der Waals surface area contributed by atoms with Crippen LogP contribution in [0.25, 0.3) is 0 Å². The third-order valence-electron chi connectivity index (χ3n) is 4.25. The monoisotopic (exact) mass is 468 g/mol. The Hall–Kier alpha value is -3.12. The van der Waals surface area contributed by atoms with Crippen molar-refractivity contribution in [3.8, 4) is 11.5 Å². The molecule has 0 heterocycles. The minimum absolute atomic E-state index is 0.242. The Kier molecular flexibility index (Phi) is 7.63. The molecule has 0 atom stereocenters. The molecule has 154 valence electrons. The SMILES string of the molecule is Cc1cc(Br)ccc1OCC(=O)Oc1cccc(C(=O)OCCc2ccccc2)c1. The van der Waals surface area contributed by atoms with Crippen LogP contribution in [0.5, 0.6) is 11.5 Å². The predicted octanol–water partition coefficient (Wildman–Crippen LogP) is 5.14. The van der Waals surface area contributed by atoms with E-state index in [2.05, 4.69) is 15.9 Å². The Morgan fingerprint density at radius 3 is 2.50 bits per heavy atom. The second-order valence-corrected chi connectivity index (χ2v) is 7.49. The van der Waals surface area contributed by atoms with Crippen LogP contribution in [0.4, 0.5) is 0 Å². The molecule has 6 heteroatoms. The van der Waals surface area contributed by atoms with Gasteiger partial charge >= 0.3 is 11.9 Å². The first-order chi connectivity index (χ1) is 14.5. The summed E-state index contributed by atoms with van der Waals surface area (Å²) in [5, 5.41) is 0. The molecule has 0 aromatic heterocycles. The molecule has 0 radical (unpaired) electrons. The van der Waals surface area contributed by atoms with Crippen molar-refractivity contribution in [3.63, 3.8) is 0 Å². The number of esters is 2. The minimum Gasteiger partial charge on any atom is -0.482 e. The van der Waals surface area contributed by atoms with Crippen LogP contribution in [0.2, 0.25) is 0 Å². The van der Waals surface area contributed by atoms with Gasteiger partial charge in [0.2, 0.25) is 0 Å². The Morgan fingerprint density at radius 1 is 0.933 bits per heavy atom. The largest absolute Gasteiger partial charge is 0.482 e. The van der Waals surface area contributed by atoms with Crippen molar-refractivity contribution in [2.24, 2.45) is 0 Å². The van der Waals surface area contributed by atoms with Crippen molar-refractivity contribution in [2.75, 3.05) is 13.2 Å². The first-order valence-corrected chi connectivity index (χ1v) is 10.2. The van der Waals surface area contributed by atoms with Gasteiger partial charge in [-0.25, -0.2) is 9.59 Å². The van der Waals surface area contributed by atoms with Crippen LogP contribution >= 0.6 is 15.9 Å². The second kappa shape index (κ2) is 10.6. The van der Waals surface area contributed by atoms with Crippen molar-refractivity contribution < 1.29 is 23.8 Å². The maximum Gasteiger partial charge on any atom is 0.349 e. The van der Waals surface area contributed by atoms with Gasteiger partial charge in [0.05, 0.1) is 12.2 Å². The molecule has 0 saturated heterocycles. The van der Waals surface area contributed by atoms with E-state index in [1.54, 1.807) is 24.3 Å². The first-order valence-electron chi connectivity index (χ1n) is 9.42. The van der Waals surface area contributed by atoms with Crippen molar-refractivity contribution in [3.05, 3.63) is 94.0 Å². The molecule has 0 saturated carbocycles. The Balaban J connectivity index is 1.50. The highest BCUT2D eigenvalue weighted by atomic mass is 79.9. The van der Waals surface area contributed by atoms with Gasteiger partial charge in [0.25, 0.3) is 0 Å². The fraction of sp³-hybridized carbons (Fsp3) is 0.167. The average Bonchev–Trinajstić information content (AvgIpc) is 2.74. The van der Waals surface area contributed by atoms with E-state index in [1.165, 1.54) is 6.07 Å². The van der Waals surface area contributed by atoms with Gasteiger partial charge < -0.3 is 14.2 Å². The zero-order valence-corrected chi connectivity index (χ0v) is 18.1. The normalized spacial score (nSPS) is 10.3. The number of halogens is 1. The highest BCUT2D eigenvalue weighted by Gasteiger charge is 2.12. The highest BCUT2D eigenvalue weighted by Crippen LogP contribution is 2.22. The lowest BCUT2D eigenvalue weighted by Gasteiger charge is -2.10. The summed E-state index contributed by atoms with van der Waals surface area (Å²) in [6.07, 6.45) is 0.633. The number of hydrogen-bond acceptors (Lipinski definition) is 5. The molecule has 0 spiro atoms. The third kappa shape index (κ3) is 6.46. The quantitative estimate of drug-likeness (QED) is 0.338. The molecule has 0 N–H and O–H groups in total. The summed E-state index contributed by atoms with van der Waals surface area (Å²) >= 11 is 3.38. The summed E-state index contributed by atoms with van der Waals surface area (Å²) in [7, 11) is 0. The highest BCUT2D eigenvalue weighted by molar-refractivity contribution is 9.10. The molecule has 0 bridgehead atoms. The van der Waals surface area contributed by atoms with E-state index in [1.807, 2.05) is 49.4 Å². The fourth-order valence-corrected chi connectivity index (χ4v) is 3.22. The van der Waals surface area contributed by atoms with Gasteiger partial charge in [0.15, 0.2) is 6.61 Å². The number of benzene rings is 3. The maximum absolute atomic E-state index is 12.3. The molecule has 0 amide bonds. The van der Waals surface area contributed by atoms with Crippen LogP contribution in [0, 0.1) is 6.92 Å². The molecule has 0 fully saturated rings.